The summed E-state index contributed by atoms with van der Waals surface area (Å²) in [6.07, 6.45) is 5.39. The van der Waals surface area contributed by atoms with Crippen LogP contribution >= 0.6 is 0 Å². The van der Waals surface area contributed by atoms with Crippen molar-refractivity contribution in [1.29, 1.82) is 0 Å². The second-order valence-corrected chi connectivity index (χ2v) is 6.51. The maximum absolute atomic E-state index is 13.6. The van der Waals surface area contributed by atoms with Crippen molar-refractivity contribution in [1.82, 2.24) is 15.2 Å². The van der Waals surface area contributed by atoms with Gasteiger partial charge in [0, 0.05) is 31.4 Å². The van der Waals surface area contributed by atoms with Crippen LogP contribution in [0, 0.1) is 12.7 Å². The quantitative estimate of drug-likeness (QED) is 0.913. The van der Waals surface area contributed by atoms with Crippen LogP contribution < -0.4 is 5.32 Å². The molecule has 4 nitrogen and oxygen atoms in total. The lowest BCUT2D eigenvalue weighted by Gasteiger charge is -2.36. The number of aryl methyl sites for hydroxylation is 1. The molecule has 0 spiro atoms. The van der Waals surface area contributed by atoms with E-state index in [2.05, 4.69) is 10.3 Å². The molecule has 0 bridgehead atoms. The maximum atomic E-state index is 13.6. The largest absolute Gasteiger partial charge is 0.338 e. The van der Waals surface area contributed by atoms with E-state index < -0.39 is 0 Å². The van der Waals surface area contributed by atoms with Gasteiger partial charge in [0.1, 0.15) is 5.82 Å². The summed E-state index contributed by atoms with van der Waals surface area (Å²) in [4.78, 5) is 18.8. The number of carbonyl (C=O) groups is 1. The van der Waals surface area contributed by atoms with E-state index in [4.69, 9.17) is 0 Å². The molecule has 3 rings (SSSR count). The van der Waals surface area contributed by atoms with E-state index in [-0.39, 0.29) is 17.9 Å². The molecule has 1 aliphatic heterocycles. The number of benzene rings is 1. The number of likely N-dealkylation sites (tertiary alicyclic amines) is 1. The molecule has 132 valence electrons. The second kappa shape index (κ2) is 8.10. The molecule has 1 aromatic heterocycles. The number of piperidine rings is 1. The smallest absolute Gasteiger partial charge is 0.317 e. The highest BCUT2D eigenvalue weighted by atomic mass is 19.1. The van der Waals surface area contributed by atoms with E-state index in [1.165, 1.54) is 12.1 Å². The predicted molar refractivity (Wildman–Crippen MR) is 95.8 cm³/mol. The van der Waals surface area contributed by atoms with Gasteiger partial charge in [0.05, 0.1) is 6.04 Å². The first-order valence-corrected chi connectivity index (χ1v) is 8.85. The first-order valence-electron chi connectivity index (χ1n) is 8.85. The highest BCUT2D eigenvalue weighted by Gasteiger charge is 2.28. The molecule has 1 unspecified atom stereocenters. The average Bonchev–Trinajstić information content (AvgIpc) is 2.63. The van der Waals surface area contributed by atoms with Crippen molar-refractivity contribution in [2.75, 3.05) is 13.1 Å². The van der Waals surface area contributed by atoms with Crippen LogP contribution in [0.4, 0.5) is 9.18 Å². The highest BCUT2D eigenvalue weighted by molar-refractivity contribution is 5.74. The molecule has 25 heavy (non-hydrogen) atoms. The molecule has 0 aliphatic carbocycles. The van der Waals surface area contributed by atoms with Gasteiger partial charge in [-0.2, -0.15) is 0 Å². The molecule has 2 heterocycles. The van der Waals surface area contributed by atoms with Crippen molar-refractivity contribution in [3.63, 3.8) is 0 Å². The fraction of sp³-hybridized carbons (Fsp3) is 0.400. The lowest BCUT2D eigenvalue weighted by molar-refractivity contribution is 0.151. The first-order chi connectivity index (χ1) is 12.1. The molecule has 1 aromatic carbocycles. The summed E-state index contributed by atoms with van der Waals surface area (Å²) >= 11 is 0. The number of aromatic nitrogens is 1. The molecule has 1 aliphatic rings. The van der Waals surface area contributed by atoms with E-state index in [0.29, 0.717) is 19.5 Å². The maximum Gasteiger partial charge on any atom is 0.317 e. The van der Waals surface area contributed by atoms with Gasteiger partial charge in [-0.1, -0.05) is 18.2 Å². The van der Waals surface area contributed by atoms with Crippen molar-refractivity contribution in [2.45, 2.75) is 38.6 Å². The van der Waals surface area contributed by atoms with Gasteiger partial charge in [-0.3, -0.25) is 4.98 Å². The van der Waals surface area contributed by atoms with Crippen LogP contribution in [0.3, 0.4) is 0 Å². The topological polar surface area (TPSA) is 45.2 Å². The first kappa shape index (κ1) is 17.4. The lowest BCUT2D eigenvalue weighted by Crippen LogP contribution is -2.45. The van der Waals surface area contributed by atoms with Crippen molar-refractivity contribution in [2.24, 2.45) is 0 Å². The Kier molecular flexibility index (Phi) is 5.64. The van der Waals surface area contributed by atoms with Crippen LogP contribution in [0.2, 0.25) is 0 Å². The van der Waals surface area contributed by atoms with Crippen molar-refractivity contribution in [3.8, 4) is 0 Å². The lowest BCUT2D eigenvalue weighted by atomic mass is 9.95. The molecule has 0 saturated carbocycles. The van der Waals surface area contributed by atoms with Crippen molar-refractivity contribution < 1.29 is 9.18 Å². The fourth-order valence-electron chi connectivity index (χ4n) is 3.40. The summed E-state index contributed by atoms with van der Waals surface area (Å²) in [7, 11) is 0. The van der Waals surface area contributed by atoms with Crippen LogP contribution in [-0.4, -0.2) is 29.0 Å². The zero-order valence-corrected chi connectivity index (χ0v) is 14.5. The number of nitrogens with one attached hydrogen (secondary N) is 1. The molecule has 1 saturated heterocycles. The molecule has 2 aromatic rings. The van der Waals surface area contributed by atoms with Gasteiger partial charge < -0.3 is 10.2 Å². The number of carbonyl (C=O) groups excluding carboxylic acids is 1. The van der Waals surface area contributed by atoms with Crippen LogP contribution in [0.15, 0.2) is 42.6 Å². The molecule has 1 N–H and O–H groups in total. The third-order valence-electron chi connectivity index (χ3n) is 4.75. The average molecular weight is 341 g/mol. The van der Waals surface area contributed by atoms with Gasteiger partial charge in [-0.15, -0.1) is 0 Å². The third-order valence-corrected chi connectivity index (χ3v) is 4.75. The molecule has 0 radical (unpaired) electrons. The highest BCUT2D eigenvalue weighted by Crippen LogP contribution is 2.31. The van der Waals surface area contributed by atoms with E-state index in [9.17, 15) is 9.18 Å². The van der Waals surface area contributed by atoms with E-state index in [1.807, 2.05) is 30.0 Å². The van der Waals surface area contributed by atoms with E-state index in [1.54, 1.807) is 12.3 Å². The monoisotopic (exact) mass is 341 g/mol. The number of amides is 2. The minimum Gasteiger partial charge on any atom is -0.338 e. The van der Waals surface area contributed by atoms with Gasteiger partial charge >= 0.3 is 6.03 Å². The number of nitrogens with zero attached hydrogens (tertiary/aromatic N) is 2. The molecule has 1 fully saturated rings. The number of hydrogen-bond donors (Lipinski definition) is 1. The van der Waals surface area contributed by atoms with Gasteiger partial charge in [0.25, 0.3) is 0 Å². The van der Waals surface area contributed by atoms with Gasteiger partial charge in [0.2, 0.25) is 0 Å². The zero-order valence-electron chi connectivity index (χ0n) is 14.5. The Labute approximate surface area is 148 Å². The molecule has 5 heteroatoms. The van der Waals surface area contributed by atoms with Gasteiger partial charge in [-0.05, 0) is 55.5 Å². The van der Waals surface area contributed by atoms with Crippen LogP contribution in [0.1, 0.15) is 42.1 Å². The van der Waals surface area contributed by atoms with Gasteiger partial charge in [-0.25, -0.2) is 9.18 Å². The Balaban J connectivity index is 1.62. The molecular weight excluding hydrogens is 317 g/mol. The van der Waals surface area contributed by atoms with E-state index >= 15 is 0 Å². The number of rotatable bonds is 4. The zero-order chi connectivity index (χ0) is 17.6. The summed E-state index contributed by atoms with van der Waals surface area (Å²) in [6.45, 7) is 3.27. The summed E-state index contributed by atoms with van der Waals surface area (Å²) in [5.41, 5.74) is 3.01. The molecule has 1 atom stereocenters. The Hall–Kier alpha value is -2.43. The number of pyridine rings is 1. The Morgan fingerprint density at radius 2 is 2.20 bits per heavy atom. The summed E-state index contributed by atoms with van der Waals surface area (Å²) in [5, 5.41) is 3.00. The minimum absolute atomic E-state index is 0.0546. The number of urea groups is 1. The minimum atomic E-state index is -0.256. The third kappa shape index (κ3) is 4.35. The summed E-state index contributed by atoms with van der Waals surface area (Å²) in [6, 6.07) is 10.4. The second-order valence-electron chi connectivity index (χ2n) is 6.51. The number of hydrogen-bond acceptors (Lipinski definition) is 2. The molecule has 2 amide bonds. The SMILES string of the molecule is Cc1cccnc1CCNC(=O)N1CCCCC1c1cccc(F)c1. The molecular formula is C20H24FN3O. The summed E-state index contributed by atoms with van der Waals surface area (Å²) < 4.78 is 13.6. The normalized spacial score (nSPS) is 17.4. The van der Waals surface area contributed by atoms with Crippen LogP contribution in [0.5, 0.6) is 0 Å². The Morgan fingerprint density at radius 3 is 3.00 bits per heavy atom. The van der Waals surface area contributed by atoms with Crippen molar-refractivity contribution >= 4 is 6.03 Å². The Morgan fingerprint density at radius 1 is 1.32 bits per heavy atom. The fourth-order valence-corrected chi connectivity index (χ4v) is 3.40. The van der Waals surface area contributed by atoms with Crippen LogP contribution in [0.25, 0.3) is 0 Å². The predicted octanol–water partition coefficient (Wildman–Crippen LogP) is 4.01. The summed E-state index contributed by atoms with van der Waals surface area (Å²) in [5.74, 6) is -0.256. The number of halogens is 1. The van der Waals surface area contributed by atoms with E-state index in [0.717, 1.165) is 36.1 Å². The standard InChI is InChI=1S/C20H24FN3O/c1-15-6-5-11-22-18(15)10-12-23-20(25)24-13-3-2-9-19(24)16-7-4-8-17(21)14-16/h4-8,11,14,19H,2-3,9-10,12-13H2,1H3,(H,23,25). The van der Waals surface area contributed by atoms with Gasteiger partial charge in [0.15, 0.2) is 0 Å². The van der Waals surface area contributed by atoms with Crippen LogP contribution in [-0.2, 0) is 6.42 Å². The van der Waals surface area contributed by atoms with Crippen molar-refractivity contribution in [3.05, 3.63) is 65.2 Å². The Bertz CT molecular complexity index is 734.